The first kappa shape index (κ1) is 21.0. The summed E-state index contributed by atoms with van der Waals surface area (Å²) < 4.78 is 33.1. The third kappa shape index (κ3) is 5.42. The van der Waals surface area contributed by atoms with E-state index in [1.807, 2.05) is 30.3 Å². The molecule has 2 aromatic rings. The molecule has 8 heteroatoms. The first-order valence-corrected chi connectivity index (χ1v) is 10.9. The van der Waals surface area contributed by atoms with E-state index in [4.69, 9.17) is 4.74 Å². The van der Waals surface area contributed by atoms with E-state index >= 15 is 0 Å². The van der Waals surface area contributed by atoms with Crippen molar-refractivity contribution in [3.05, 3.63) is 65.2 Å². The van der Waals surface area contributed by atoms with Crippen LogP contribution in [0.2, 0.25) is 0 Å². The van der Waals surface area contributed by atoms with Gasteiger partial charge in [-0.2, -0.15) is 0 Å². The molecule has 0 spiro atoms. The van der Waals surface area contributed by atoms with E-state index in [2.05, 4.69) is 4.72 Å². The molecule has 1 saturated heterocycles. The second-order valence-electron chi connectivity index (χ2n) is 6.95. The summed E-state index contributed by atoms with van der Waals surface area (Å²) in [7, 11) is -3.82. The van der Waals surface area contributed by atoms with E-state index in [9.17, 15) is 18.0 Å². The largest absolute Gasteiger partial charge is 0.452 e. The maximum absolute atomic E-state index is 12.7. The quantitative estimate of drug-likeness (QED) is 0.699. The Hall–Kier alpha value is -2.71. The zero-order chi connectivity index (χ0) is 20.9. The second kappa shape index (κ2) is 9.19. The molecule has 0 saturated carbocycles. The van der Waals surface area contributed by atoms with Crippen molar-refractivity contribution in [3.8, 4) is 0 Å². The third-order valence-corrected chi connectivity index (χ3v) is 6.35. The molecule has 1 heterocycles. The van der Waals surface area contributed by atoms with Crippen molar-refractivity contribution in [3.63, 3.8) is 0 Å². The normalized spacial score (nSPS) is 14.0. The number of benzene rings is 2. The molecular weight excluding hydrogens is 392 g/mol. The molecule has 0 atom stereocenters. The Labute approximate surface area is 170 Å². The van der Waals surface area contributed by atoms with Gasteiger partial charge in [0.15, 0.2) is 6.61 Å². The number of nitrogens with zero attached hydrogens (tertiary/aromatic N) is 1. The predicted octanol–water partition coefficient (Wildman–Crippen LogP) is 2.25. The summed E-state index contributed by atoms with van der Waals surface area (Å²) >= 11 is 0. The fraction of sp³-hybridized carbons (Fsp3) is 0.333. The number of amides is 1. The Morgan fingerprint density at radius 1 is 1.07 bits per heavy atom. The van der Waals surface area contributed by atoms with Crippen molar-refractivity contribution in [2.45, 2.75) is 31.2 Å². The number of aryl methyl sites for hydroxylation is 1. The van der Waals surface area contributed by atoms with Gasteiger partial charge in [-0.3, -0.25) is 4.79 Å². The predicted molar refractivity (Wildman–Crippen MR) is 108 cm³/mol. The summed E-state index contributed by atoms with van der Waals surface area (Å²) in [5, 5.41) is 0. The molecule has 7 nitrogen and oxygen atoms in total. The number of sulfonamides is 1. The maximum atomic E-state index is 12.7. The number of carbonyl (C=O) groups is 2. The highest BCUT2D eigenvalue weighted by Gasteiger charge is 2.22. The van der Waals surface area contributed by atoms with Crippen molar-refractivity contribution < 1.29 is 22.7 Å². The second-order valence-corrected chi connectivity index (χ2v) is 8.69. The van der Waals surface area contributed by atoms with Crippen LogP contribution in [0, 0.1) is 6.92 Å². The van der Waals surface area contributed by atoms with Crippen LogP contribution in [0.3, 0.4) is 0 Å². The Morgan fingerprint density at radius 3 is 2.45 bits per heavy atom. The molecule has 29 heavy (non-hydrogen) atoms. The lowest BCUT2D eigenvalue weighted by atomic mass is 10.1. The van der Waals surface area contributed by atoms with E-state index in [-0.39, 0.29) is 29.5 Å². The molecule has 1 fully saturated rings. The first-order valence-electron chi connectivity index (χ1n) is 9.46. The zero-order valence-corrected chi connectivity index (χ0v) is 17.1. The Balaban J connectivity index is 1.67. The highest BCUT2D eigenvalue weighted by Crippen LogP contribution is 2.18. The number of esters is 1. The van der Waals surface area contributed by atoms with Gasteiger partial charge in [0, 0.05) is 19.6 Å². The highest BCUT2D eigenvalue weighted by atomic mass is 32.2. The van der Waals surface area contributed by atoms with Crippen molar-refractivity contribution >= 4 is 21.9 Å². The van der Waals surface area contributed by atoms with Crippen molar-refractivity contribution in [2.75, 3.05) is 19.7 Å². The van der Waals surface area contributed by atoms with Gasteiger partial charge in [-0.15, -0.1) is 0 Å². The van der Waals surface area contributed by atoms with Gasteiger partial charge in [0.1, 0.15) is 0 Å². The SMILES string of the molecule is Cc1ccc(C(=O)OCC(=O)N2CCCC2)cc1S(=O)(=O)NCc1ccccc1. The number of carbonyl (C=O) groups excluding carboxylic acids is 2. The van der Waals surface area contributed by atoms with Crippen LogP contribution in [0.25, 0.3) is 0 Å². The van der Waals surface area contributed by atoms with E-state index in [0.29, 0.717) is 18.7 Å². The van der Waals surface area contributed by atoms with Crippen LogP contribution in [-0.4, -0.2) is 44.9 Å². The molecule has 0 unspecified atom stereocenters. The summed E-state index contributed by atoms with van der Waals surface area (Å²) in [6.45, 7) is 2.80. The molecule has 2 aromatic carbocycles. The molecule has 1 aliphatic heterocycles. The van der Waals surface area contributed by atoms with E-state index in [1.165, 1.54) is 12.1 Å². The van der Waals surface area contributed by atoms with Crippen LogP contribution in [0.15, 0.2) is 53.4 Å². The molecule has 0 aromatic heterocycles. The van der Waals surface area contributed by atoms with Crippen LogP contribution >= 0.6 is 0 Å². The lowest BCUT2D eigenvalue weighted by Crippen LogP contribution is -2.32. The first-order chi connectivity index (χ1) is 13.9. The smallest absolute Gasteiger partial charge is 0.338 e. The van der Waals surface area contributed by atoms with Gasteiger partial charge in [0.05, 0.1) is 10.5 Å². The zero-order valence-electron chi connectivity index (χ0n) is 16.3. The molecule has 1 amide bonds. The summed E-state index contributed by atoms with van der Waals surface area (Å²) in [6.07, 6.45) is 1.91. The van der Waals surface area contributed by atoms with Gasteiger partial charge in [-0.25, -0.2) is 17.9 Å². The van der Waals surface area contributed by atoms with E-state index in [1.54, 1.807) is 17.9 Å². The Kier molecular flexibility index (Phi) is 6.66. The summed E-state index contributed by atoms with van der Waals surface area (Å²) in [6, 6.07) is 13.5. The van der Waals surface area contributed by atoms with Gasteiger partial charge < -0.3 is 9.64 Å². The van der Waals surface area contributed by atoms with Gasteiger partial charge in [-0.05, 0) is 43.0 Å². The minimum Gasteiger partial charge on any atom is -0.452 e. The van der Waals surface area contributed by atoms with Crippen LogP contribution in [0.1, 0.15) is 34.3 Å². The fourth-order valence-electron chi connectivity index (χ4n) is 3.14. The summed E-state index contributed by atoms with van der Waals surface area (Å²) in [5.41, 5.74) is 1.42. The van der Waals surface area contributed by atoms with Crippen molar-refractivity contribution in [2.24, 2.45) is 0 Å². The standard InChI is InChI=1S/C21H24N2O5S/c1-16-9-10-18(21(25)28-15-20(24)23-11-5-6-12-23)13-19(16)29(26,27)22-14-17-7-3-2-4-8-17/h2-4,7-10,13,22H,5-6,11-12,14-15H2,1H3. The molecule has 3 rings (SSSR count). The molecule has 1 aliphatic rings. The van der Waals surface area contributed by atoms with Crippen LogP contribution in [-0.2, 0) is 26.1 Å². The number of rotatable bonds is 7. The fourth-order valence-corrected chi connectivity index (χ4v) is 4.42. The molecule has 0 aliphatic carbocycles. The van der Waals surface area contributed by atoms with Gasteiger partial charge in [0.25, 0.3) is 5.91 Å². The lowest BCUT2D eigenvalue weighted by Gasteiger charge is -2.15. The van der Waals surface area contributed by atoms with Gasteiger partial charge in [0.2, 0.25) is 10.0 Å². The Bertz CT molecular complexity index is 983. The van der Waals surface area contributed by atoms with Gasteiger partial charge in [-0.1, -0.05) is 36.4 Å². The average Bonchev–Trinajstić information content (AvgIpc) is 3.26. The van der Waals surface area contributed by atoms with Crippen LogP contribution in [0.4, 0.5) is 0 Å². The number of ether oxygens (including phenoxy) is 1. The van der Waals surface area contributed by atoms with E-state index in [0.717, 1.165) is 18.4 Å². The lowest BCUT2D eigenvalue weighted by molar-refractivity contribution is -0.133. The van der Waals surface area contributed by atoms with Gasteiger partial charge >= 0.3 is 5.97 Å². The molecule has 1 N–H and O–H groups in total. The van der Waals surface area contributed by atoms with Crippen molar-refractivity contribution in [1.82, 2.24) is 9.62 Å². The third-order valence-electron chi connectivity index (χ3n) is 4.81. The van der Waals surface area contributed by atoms with E-state index < -0.39 is 16.0 Å². The maximum Gasteiger partial charge on any atom is 0.338 e. The monoisotopic (exact) mass is 416 g/mol. The minimum atomic E-state index is -3.82. The average molecular weight is 416 g/mol. The molecular formula is C21H24N2O5S. The Morgan fingerprint density at radius 2 is 1.76 bits per heavy atom. The number of hydrogen-bond acceptors (Lipinski definition) is 5. The molecule has 154 valence electrons. The molecule has 0 radical (unpaired) electrons. The number of nitrogens with one attached hydrogen (secondary N) is 1. The highest BCUT2D eigenvalue weighted by molar-refractivity contribution is 7.89. The number of hydrogen-bond donors (Lipinski definition) is 1. The topological polar surface area (TPSA) is 92.8 Å². The van der Waals surface area contributed by atoms with Crippen molar-refractivity contribution in [1.29, 1.82) is 0 Å². The summed E-state index contributed by atoms with van der Waals surface area (Å²) in [4.78, 5) is 26.0. The van der Waals surface area contributed by atoms with Crippen LogP contribution < -0.4 is 4.72 Å². The summed E-state index contributed by atoms with van der Waals surface area (Å²) in [5.74, 6) is -0.961. The molecule has 0 bridgehead atoms. The minimum absolute atomic E-state index is 0.00810. The number of likely N-dealkylation sites (tertiary alicyclic amines) is 1. The van der Waals surface area contributed by atoms with Crippen LogP contribution in [0.5, 0.6) is 0 Å².